The average Bonchev–Trinajstić information content (AvgIpc) is 4.12. The van der Waals surface area contributed by atoms with Gasteiger partial charge in [0.15, 0.2) is 11.5 Å². The smallest absolute Gasteiger partial charge is 0.252 e. The van der Waals surface area contributed by atoms with Gasteiger partial charge in [0.05, 0.1) is 5.69 Å². The number of nitrogens with zero attached hydrogens (tertiary/aromatic N) is 2. The summed E-state index contributed by atoms with van der Waals surface area (Å²) in [4.78, 5) is 5.08. The van der Waals surface area contributed by atoms with E-state index in [9.17, 15) is 0 Å². The second-order valence-corrected chi connectivity index (χ2v) is 23.8. The molecule has 1 aliphatic carbocycles. The van der Waals surface area contributed by atoms with Crippen LogP contribution in [-0.2, 0) is 16.2 Å². The van der Waals surface area contributed by atoms with E-state index in [4.69, 9.17) is 13.9 Å². The fraction of sp³-hybridized carbons (Fsp3) is 0.188. The van der Waals surface area contributed by atoms with Crippen LogP contribution in [0.1, 0.15) is 83.2 Å². The fourth-order valence-electron chi connectivity index (χ4n) is 12.6. The lowest BCUT2D eigenvalue weighted by Gasteiger charge is -2.45. The Kier molecular flexibility index (Phi) is 9.77. The van der Waals surface area contributed by atoms with Crippen molar-refractivity contribution in [3.8, 4) is 56.2 Å². The van der Waals surface area contributed by atoms with Gasteiger partial charge in [-0.25, -0.2) is 0 Å². The van der Waals surface area contributed by atoms with Gasteiger partial charge >= 0.3 is 0 Å². The number of hydrogen-bond donors (Lipinski definition) is 0. The molecule has 1 aromatic heterocycles. The molecule has 14 rings (SSSR count). The van der Waals surface area contributed by atoms with E-state index in [1.54, 1.807) is 0 Å². The largest absolute Gasteiger partial charge is 0.456 e. The molecule has 0 radical (unpaired) electrons. The lowest BCUT2D eigenvalue weighted by Crippen LogP contribution is -2.61. The molecular formula is C69H59BN2O3. The average molecular weight is 975 g/mol. The van der Waals surface area contributed by atoms with Crippen molar-refractivity contribution < 1.29 is 13.9 Å². The fourth-order valence-corrected chi connectivity index (χ4v) is 12.6. The first kappa shape index (κ1) is 45.4. The molecule has 0 saturated carbocycles. The molecule has 10 aromatic rings. The molecule has 366 valence electrons. The highest BCUT2D eigenvalue weighted by Gasteiger charge is 2.45. The topological polar surface area (TPSA) is 38.1 Å². The number of aryl methyl sites for hydroxylation is 1. The Bertz CT molecular complexity index is 3990. The monoisotopic (exact) mass is 974 g/mol. The second-order valence-electron chi connectivity index (χ2n) is 23.8. The van der Waals surface area contributed by atoms with Crippen LogP contribution in [0.25, 0.3) is 55.7 Å². The lowest BCUT2D eigenvalue weighted by molar-refractivity contribution is 0.174. The highest BCUT2D eigenvalue weighted by Crippen LogP contribution is 2.53. The Morgan fingerprint density at radius 3 is 1.81 bits per heavy atom. The van der Waals surface area contributed by atoms with Gasteiger partial charge in [-0.15, -0.1) is 0 Å². The summed E-state index contributed by atoms with van der Waals surface area (Å²) >= 11 is 0. The van der Waals surface area contributed by atoms with Crippen LogP contribution in [-0.4, -0.2) is 13.5 Å². The predicted molar refractivity (Wildman–Crippen MR) is 312 cm³/mol. The molecule has 0 unspecified atom stereocenters. The van der Waals surface area contributed by atoms with E-state index >= 15 is 0 Å². The zero-order valence-corrected chi connectivity index (χ0v) is 44.2. The van der Waals surface area contributed by atoms with Crippen molar-refractivity contribution in [2.75, 3.05) is 16.6 Å². The van der Waals surface area contributed by atoms with Gasteiger partial charge in [0, 0.05) is 56.4 Å². The van der Waals surface area contributed by atoms with E-state index in [1.165, 1.54) is 61.0 Å². The van der Waals surface area contributed by atoms with Gasteiger partial charge in [0.25, 0.3) is 6.71 Å². The Balaban J connectivity index is 1.06. The molecule has 9 aromatic carbocycles. The van der Waals surface area contributed by atoms with Crippen LogP contribution >= 0.6 is 0 Å². The van der Waals surface area contributed by atoms with Crippen molar-refractivity contribution in [2.24, 2.45) is 0 Å². The van der Waals surface area contributed by atoms with Crippen LogP contribution in [0.3, 0.4) is 0 Å². The number of hydrogen-bond acceptors (Lipinski definition) is 5. The van der Waals surface area contributed by atoms with Gasteiger partial charge in [0.1, 0.15) is 11.3 Å². The number of anilines is 6. The number of fused-ring (bicyclic) bond motifs is 9. The second kappa shape index (κ2) is 16.1. The number of furan rings is 1. The summed E-state index contributed by atoms with van der Waals surface area (Å²) in [5.41, 5.74) is 25.7. The van der Waals surface area contributed by atoms with E-state index < -0.39 is 0 Å². The molecular weight excluding hydrogens is 916 g/mol. The maximum Gasteiger partial charge on any atom is 0.252 e. The first-order chi connectivity index (χ1) is 36.1. The third-order valence-electron chi connectivity index (χ3n) is 16.6. The predicted octanol–water partition coefficient (Wildman–Crippen LogP) is 16.5. The molecule has 4 aliphatic rings. The summed E-state index contributed by atoms with van der Waals surface area (Å²) in [6.45, 7) is 21.1. The van der Waals surface area contributed by atoms with Crippen LogP contribution < -0.4 is 35.7 Å². The molecule has 0 amide bonds. The molecule has 0 fully saturated rings. The minimum absolute atomic E-state index is 0.0783. The third kappa shape index (κ3) is 7.05. The van der Waals surface area contributed by atoms with Gasteiger partial charge in [-0.2, -0.15) is 0 Å². The van der Waals surface area contributed by atoms with Gasteiger partial charge in [-0.1, -0.05) is 165 Å². The van der Waals surface area contributed by atoms with E-state index in [2.05, 4.69) is 248 Å². The zero-order valence-electron chi connectivity index (χ0n) is 44.2. The maximum atomic E-state index is 6.79. The van der Waals surface area contributed by atoms with Crippen molar-refractivity contribution in [3.05, 3.63) is 210 Å². The molecule has 75 heavy (non-hydrogen) atoms. The van der Waals surface area contributed by atoms with Crippen molar-refractivity contribution in [1.29, 1.82) is 0 Å². The quantitative estimate of drug-likeness (QED) is 0.161. The van der Waals surface area contributed by atoms with E-state index in [1.807, 2.05) is 6.07 Å². The SMILES string of the molecule is Cc1cc2c3c(c1)N(c1cc4c(cc1-c1ccccc1)OCO4)c1ccc(C(C)(C)C)cc1B3c1cc(C(C)(C)C)ccc1N2c1cc(-c2ccc3c(c2)C(C)(C)c2ccccc2-3)cc(-c2cc3ccccc3o2)c1. The molecule has 0 atom stereocenters. The summed E-state index contributed by atoms with van der Waals surface area (Å²) in [6.07, 6.45) is 0. The Morgan fingerprint density at radius 2 is 1.09 bits per heavy atom. The van der Waals surface area contributed by atoms with Crippen LogP contribution in [0.5, 0.6) is 11.5 Å². The van der Waals surface area contributed by atoms with Crippen LogP contribution in [0.4, 0.5) is 34.1 Å². The normalized spacial score (nSPS) is 14.7. The molecule has 0 spiro atoms. The first-order valence-electron chi connectivity index (χ1n) is 26.5. The molecule has 4 heterocycles. The van der Waals surface area contributed by atoms with Crippen LogP contribution in [0.15, 0.2) is 186 Å². The third-order valence-corrected chi connectivity index (χ3v) is 16.6. The molecule has 5 nitrogen and oxygen atoms in total. The highest BCUT2D eigenvalue weighted by atomic mass is 16.7. The lowest BCUT2D eigenvalue weighted by atomic mass is 9.33. The Hall–Kier alpha value is -8.22. The van der Waals surface area contributed by atoms with Gasteiger partial charge in [-0.3, -0.25) is 0 Å². The molecule has 0 bridgehead atoms. The number of rotatable bonds is 5. The molecule has 6 heteroatoms. The van der Waals surface area contributed by atoms with Gasteiger partial charge in [-0.05, 0) is 157 Å². The van der Waals surface area contributed by atoms with Crippen molar-refractivity contribution in [3.63, 3.8) is 0 Å². The maximum absolute atomic E-state index is 6.79. The summed E-state index contributed by atoms with van der Waals surface area (Å²) in [6, 6.07) is 68.0. The summed E-state index contributed by atoms with van der Waals surface area (Å²) in [5.74, 6) is 2.34. The molecule has 0 N–H and O–H groups in total. The number of benzene rings is 9. The van der Waals surface area contributed by atoms with E-state index in [-0.39, 0.29) is 29.8 Å². The molecule has 0 saturated heterocycles. The summed E-state index contributed by atoms with van der Waals surface area (Å²) in [7, 11) is 0. The van der Waals surface area contributed by atoms with E-state index in [0.717, 1.165) is 84.5 Å². The van der Waals surface area contributed by atoms with Crippen molar-refractivity contribution >= 4 is 68.2 Å². The number of para-hydroxylation sites is 1. The zero-order chi connectivity index (χ0) is 51.3. The van der Waals surface area contributed by atoms with Crippen molar-refractivity contribution in [1.82, 2.24) is 0 Å². The highest BCUT2D eigenvalue weighted by molar-refractivity contribution is 7.00. The molecule has 3 aliphatic heterocycles. The number of ether oxygens (including phenoxy) is 2. The van der Waals surface area contributed by atoms with Crippen molar-refractivity contribution in [2.45, 2.75) is 78.6 Å². The van der Waals surface area contributed by atoms with Gasteiger partial charge < -0.3 is 23.7 Å². The standard InChI is InChI=1S/C69H59BN2O3/c1-41-29-60-66-61(30-41)72(59-39-65-64(73-40-74-65)38-52(59)42-17-11-10-12-18-42)58-28-25-48(68(5,6)7)37-56(58)70(66)55-36-47(67(2,3)4)24-27-57(55)71(60)49-32-45(31-46(33-49)63-35-44-19-13-16-22-62(44)75-63)43-23-26-51-50-20-14-15-21-53(50)69(8,9)54(51)34-43/h10-39H,40H2,1-9H3. The van der Waals surface area contributed by atoms with Gasteiger partial charge in [0.2, 0.25) is 6.79 Å². The summed E-state index contributed by atoms with van der Waals surface area (Å²) < 4.78 is 19.1. The Morgan fingerprint density at radius 1 is 0.467 bits per heavy atom. The minimum Gasteiger partial charge on any atom is -0.456 e. The van der Waals surface area contributed by atoms with E-state index in [0.29, 0.717) is 0 Å². The van der Waals surface area contributed by atoms with Crippen LogP contribution in [0.2, 0.25) is 0 Å². The van der Waals surface area contributed by atoms with Crippen LogP contribution in [0, 0.1) is 6.92 Å². The summed E-state index contributed by atoms with van der Waals surface area (Å²) in [5, 5.41) is 1.08. The first-order valence-corrected chi connectivity index (χ1v) is 26.5. The Labute approximate surface area is 441 Å². The minimum atomic E-state index is -0.152.